The second-order valence-electron chi connectivity index (χ2n) is 4.43. The highest BCUT2D eigenvalue weighted by Gasteiger charge is 2.03. The van der Waals surface area contributed by atoms with Gasteiger partial charge in [-0.25, -0.2) is 4.98 Å². The summed E-state index contributed by atoms with van der Waals surface area (Å²) < 4.78 is 5.52. The monoisotopic (exact) mass is 271 g/mol. The highest BCUT2D eigenvalue weighted by Crippen LogP contribution is 2.13. The van der Waals surface area contributed by atoms with Crippen molar-refractivity contribution in [2.45, 2.75) is 13.3 Å². The number of nitrogen functional groups attached to an aromatic ring is 1. The fourth-order valence-corrected chi connectivity index (χ4v) is 1.67. The zero-order chi connectivity index (χ0) is 14.4. The fraction of sp³-hybridized carbons (Fsp3) is 0.200. The SMILES string of the molecule is Cc1cccc(OCCC(=O)Nc2ccc(N)nc2)c1. The number of rotatable bonds is 5. The first-order valence-electron chi connectivity index (χ1n) is 6.34. The Hall–Kier alpha value is -2.56. The Balaban J connectivity index is 1.76. The smallest absolute Gasteiger partial charge is 0.227 e. The van der Waals surface area contributed by atoms with Gasteiger partial charge in [0.25, 0.3) is 0 Å². The average molecular weight is 271 g/mol. The maximum absolute atomic E-state index is 11.7. The largest absolute Gasteiger partial charge is 0.493 e. The number of nitrogens with two attached hydrogens (primary N) is 1. The lowest BCUT2D eigenvalue weighted by Crippen LogP contribution is -2.15. The van der Waals surface area contributed by atoms with Gasteiger partial charge in [-0.3, -0.25) is 4.79 Å². The lowest BCUT2D eigenvalue weighted by Gasteiger charge is -2.07. The summed E-state index contributed by atoms with van der Waals surface area (Å²) in [5.41, 5.74) is 7.22. The molecule has 0 atom stereocenters. The third kappa shape index (κ3) is 4.28. The Bertz CT molecular complexity index is 582. The van der Waals surface area contributed by atoms with Gasteiger partial charge in [-0.2, -0.15) is 0 Å². The van der Waals surface area contributed by atoms with E-state index in [-0.39, 0.29) is 12.3 Å². The summed E-state index contributed by atoms with van der Waals surface area (Å²) in [5.74, 6) is 1.07. The number of nitrogens with zero attached hydrogens (tertiary/aromatic N) is 1. The highest BCUT2D eigenvalue weighted by molar-refractivity contribution is 5.90. The maximum atomic E-state index is 11.7. The molecule has 3 N–H and O–H groups in total. The first-order chi connectivity index (χ1) is 9.63. The number of aryl methyl sites for hydroxylation is 1. The van der Waals surface area contributed by atoms with Gasteiger partial charge in [-0.05, 0) is 36.8 Å². The Morgan fingerprint density at radius 1 is 1.35 bits per heavy atom. The third-order valence-electron chi connectivity index (χ3n) is 2.66. The van der Waals surface area contributed by atoms with E-state index in [1.807, 2.05) is 31.2 Å². The van der Waals surface area contributed by atoms with Gasteiger partial charge in [0.15, 0.2) is 0 Å². The van der Waals surface area contributed by atoms with Gasteiger partial charge in [-0.15, -0.1) is 0 Å². The van der Waals surface area contributed by atoms with Crippen molar-refractivity contribution in [3.8, 4) is 5.75 Å². The van der Waals surface area contributed by atoms with Crippen molar-refractivity contribution in [3.05, 3.63) is 48.2 Å². The molecule has 0 bridgehead atoms. The van der Waals surface area contributed by atoms with Crippen molar-refractivity contribution in [2.24, 2.45) is 0 Å². The average Bonchev–Trinajstić information content (AvgIpc) is 2.41. The van der Waals surface area contributed by atoms with Crippen molar-refractivity contribution >= 4 is 17.4 Å². The molecule has 1 amide bonds. The Kier molecular flexibility index (Phi) is 4.55. The highest BCUT2D eigenvalue weighted by atomic mass is 16.5. The molecule has 0 aliphatic carbocycles. The second kappa shape index (κ2) is 6.56. The van der Waals surface area contributed by atoms with Gasteiger partial charge in [0.1, 0.15) is 11.6 Å². The molecule has 0 radical (unpaired) electrons. The first kappa shape index (κ1) is 13.9. The van der Waals surface area contributed by atoms with E-state index in [0.717, 1.165) is 11.3 Å². The molecule has 0 aliphatic rings. The quantitative estimate of drug-likeness (QED) is 0.875. The van der Waals surface area contributed by atoms with Crippen molar-refractivity contribution < 1.29 is 9.53 Å². The van der Waals surface area contributed by atoms with E-state index in [9.17, 15) is 4.79 Å². The van der Waals surface area contributed by atoms with Crippen molar-refractivity contribution in [1.29, 1.82) is 0 Å². The maximum Gasteiger partial charge on any atom is 0.227 e. The van der Waals surface area contributed by atoms with E-state index < -0.39 is 0 Å². The van der Waals surface area contributed by atoms with Crippen LogP contribution >= 0.6 is 0 Å². The summed E-state index contributed by atoms with van der Waals surface area (Å²) >= 11 is 0. The molecule has 1 aromatic carbocycles. The molecule has 1 heterocycles. The van der Waals surface area contributed by atoms with Crippen LogP contribution in [0.4, 0.5) is 11.5 Å². The molecule has 20 heavy (non-hydrogen) atoms. The molecule has 1 aromatic heterocycles. The van der Waals surface area contributed by atoms with E-state index in [1.165, 1.54) is 6.20 Å². The van der Waals surface area contributed by atoms with Crippen LogP contribution in [0.2, 0.25) is 0 Å². The first-order valence-corrected chi connectivity index (χ1v) is 6.34. The Morgan fingerprint density at radius 3 is 2.90 bits per heavy atom. The summed E-state index contributed by atoms with van der Waals surface area (Å²) in [5, 5.41) is 2.73. The van der Waals surface area contributed by atoms with Crippen LogP contribution < -0.4 is 15.8 Å². The van der Waals surface area contributed by atoms with Gasteiger partial charge in [0, 0.05) is 0 Å². The minimum Gasteiger partial charge on any atom is -0.493 e. The lowest BCUT2D eigenvalue weighted by molar-refractivity contribution is -0.116. The minimum absolute atomic E-state index is 0.121. The number of anilines is 2. The molecule has 5 nitrogen and oxygen atoms in total. The van der Waals surface area contributed by atoms with Gasteiger partial charge in [0.05, 0.1) is 24.9 Å². The molecule has 0 spiro atoms. The Morgan fingerprint density at radius 2 is 2.20 bits per heavy atom. The van der Waals surface area contributed by atoms with Crippen LogP contribution in [0.3, 0.4) is 0 Å². The second-order valence-corrected chi connectivity index (χ2v) is 4.43. The molecule has 0 saturated carbocycles. The zero-order valence-corrected chi connectivity index (χ0v) is 11.3. The number of pyridine rings is 1. The van der Waals surface area contributed by atoms with Gasteiger partial charge in [-0.1, -0.05) is 12.1 Å². The van der Waals surface area contributed by atoms with Crippen LogP contribution in [0, 0.1) is 6.92 Å². The fourth-order valence-electron chi connectivity index (χ4n) is 1.67. The van der Waals surface area contributed by atoms with E-state index in [2.05, 4.69) is 10.3 Å². The van der Waals surface area contributed by atoms with Crippen molar-refractivity contribution in [2.75, 3.05) is 17.7 Å². The van der Waals surface area contributed by atoms with E-state index in [0.29, 0.717) is 18.1 Å². The van der Waals surface area contributed by atoms with Crippen LogP contribution in [0.15, 0.2) is 42.6 Å². The zero-order valence-electron chi connectivity index (χ0n) is 11.3. The van der Waals surface area contributed by atoms with Crippen molar-refractivity contribution in [3.63, 3.8) is 0 Å². The minimum atomic E-state index is -0.121. The van der Waals surface area contributed by atoms with Gasteiger partial charge < -0.3 is 15.8 Å². The normalized spacial score (nSPS) is 10.1. The molecule has 2 aromatic rings. The molecule has 5 heteroatoms. The number of ether oxygens (including phenoxy) is 1. The molecular weight excluding hydrogens is 254 g/mol. The van der Waals surface area contributed by atoms with E-state index in [4.69, 9.17) is 10.5 Å². The molecule has 104 valence electrons. The van der Waals surface area contributed by atoms with Gasteiger partial charge >= 0.3 is 0 Å². The summed E-state index contributed by atoms with van der Waals surface area (Å²) in [6.07, 6.45) is 1.80. The Labute approximate surface area is 117 Å². The molecule has 0 fully saturated rings. The third-order valence-corrected chi connectivity index (χ3v) is 2.66. The number of carbonyl (C=O) groups is 1. The summed E-state index contributed by atoms with van der Waals surface area (Å²) in [7, 11) is 0. The number of nitrogens with one attached hydrogen (secondary N) is 1. The molecule has 0 saturated heterocycles. The van der Waals surface area contributed by atoms with Crippen molar-refractivity contribution in [1.82, 2.24) is 4.98 Å². The van der Waals surface area contributed by atoms with Crippen LogP contribution in [0.1, 0.15) is 12.0 Å². The summed E-state index contributed by atoms with van der Waals surface area (Å²) in [6, 6.07) is 11.1. The van der Waals surface area contributed by atoms with Crippen LogP contribution in [-0.4, -0.2) is 17.5 Å². The summed E-state index contributed by atoms with van der Waals surface area (Å²) in [4.78, 5) is 15.6. The van der Waals surface area contributed by atoms with Crippen LogP contribution in [0.5, 0.6) is 5.75 Å². The predicted octanol–water partition coefficient (Wildman–Crippen LogP) is 2.38. The van der Waals surface area contributed by atoms with Crippen LogP contribution in [0.25, 0.3) is 0 Å². The number of hydrogen-bond acceptors (Lipinski definition) is 4. The topological polar surface area (TPSA) is 77.2 Å². The predicted molar refractivity (Wildman–Crippen MR) is 78.6 cm³/mol. The van der Waals surface area contributed by atoms with E-state index in [1.54, 1.807) is 12.1 Å². The standard InChI is InChI=1S/C15H17N3O2/c1-11-3-2-4-13(9-11)20-8-7-15(19)18-12-5-6-14(16)17-10-12/h2-6,9-10H,7-8H2,1H3,(H2,16,17)(H,18,19). The summed E-state index contributed by atoms with van der Waals surface area (Å²) in [6.45, 7) is 2.32. The number of hydrogen-bond donors (Lipinski definition) is 2. The number of amides is 1. The van der Waals surface area contributed by atoms with Gasteiger partial charge in [0.2, 0.25) is 5.91 Å². The molecule has 0 unspecified atom stereocenters. The van der Waals surface area contributed by atoms with E-state index >= 15 is 0 Å². The molecule has 2 rings (SSSR count). The number of benzene rings is 1. The molecule has 0 aliphatic heterocycles. The van der Waals surface area contributed by atoms with Crippen LogP contribution in [-0.2, 0) is 4.79 Å². The molecular formula is C15H17N3O2. The number of carbonyl (C=O) groups excluding carboxylic acids is 1. The lowest BCUT2D eigenvalue weighted by atomic mass is 10.2. The number of aromatic nitrogens is 1.